The van der Waals surface area contributed by atoms with Gasteiger partial charge in [-0.15, -0.1) is 0 Å². The van der Waals surface area contributed by atoms with Gasteiger partial charge in [0.2, 0.25) is 0 Å². The molecule has 0 aliphatic heterocycles. The largest absolute Gasteiger partial charge is 0.315 e. The molecule has 0 aromatic heterocycles. The highest BCUT2D eigenvalue weighted by molar-refractivity contribution is 14.1. The average Bonchev–Trinajstić information content (AvgIpc) is 2.17. The van der Waals surface area contributed by atoms with Gasteiger partial charge in [-0.05, 0) is 66.6 Å². The Balaban J connectivity index is 2.34. The molecule has 2 heteroatoms. The van der Waals surface area contributed by atoms with Crippen molar-refractivity contribution in [2.24, 2.45) is 0 Å². The first-order chi connectivity index (χ1) is 6.72. The Kier molecular flexibility index (Phi) is 5.48. The number of benzene rings is 1. The van der Waals surface area contributed by atoms with Crippen LogP contribution in [0, 0.1) is 3.57 Å². The van der Waals surface area contributed by atoms with Crippen LogP contribution in [0.4, 0.5) is 0 Å². The Morgan fingerprint density at radius 1 is 1.29 bits per heavy atom. The van der Waals surface area contributed by atoms with Crippen LogP contribution >= 0.6 is 22.6 Å². The second-order valence-corrected chi connectivity index (χ2v) is 4.87. The minimum absolute atomic E-state index is 0.624. The Hall–Kier alpha value is -0.0900. The van der Waals surface area contributed by atoms with Gasteiger partial charge in [0.1, 0.15) is 0 Å². The van der Waals surface area contributed by atoms with E-state index in [2.05, 4.69) is 66.0 Å². The van der Waals surface area contributed by atoms with Gasteiger partial charge in [0.25, 0.3) is 0 Å². The number of aryl methyl sites for hydroxylation is 1. The molecule has 1 N–H and O–H groups in total. The van der Waals surface area contributed by atoms with Gasteiger partial charge in [0.05, 0.1) is 0 Å². The highest BCUT2D eigenvalue weighted by atomic mass is 127. The molecule has 0 aliphatic rings. The summed E-state index contributed by atoms with van der Waals surface area (Å²) in [6.07, 6.45) is 2.39. The minimum atomic E-state index is 0.624. The monoisotopic (exact) mass is 303 g/mol. The number of hydrogen-bond donors (Lipinski definition) is 1. The van der Waals surface area contributed by atoms with Gasteiger partial charge in [-0.2, -0.15) is 0 Å². The van der Waals surface area contributed by atoms with Crippen molar-refractivity contribution in [1.29, 1.82) is 0 Å². The van der Waals surface area contributed by atoms with Gasteiger partial charge in [-0.25, -0.2) is 0 Å². The third-order valence-electron chi connectivity index (χ3n) is 2.33. The molecule has 1 atom stereocenters. The molecule has 0 amide bonds. The summed E-state index contributed by atoms with van der Waals surface area (Å²) >= 11 is 2.34. The molecular weight excluding hydrogens is 285 g/mol. The predicted molar refractivity (Wildman–Crippen MR) is 70.6 cm³/mol. The molecule has 1 nitrogen and oxygen atoms in total. The fourth-order valence-electron chi connectivity index (χ4n) is 1.48. The van der Waals surface area contributed by atoms with Gasteiger partial charge in [0.15, 0.2) is 0 Å². The Morgan fingerprint density at radius 2 is 1.93 bits per heavy atom. The highest BCUT2D eigenvalue weighted by Crippen LogP contribution is 2.09. The normalized spacial score (nSPS) is 12.8. The molecule has 1 unspecified atom stereocenters. The molecule has 0 aliphatic carbocycles. The van der Waals surface area contributed by atoms with E-state index in [1.54, 1.807) is 0 Å². The lowest BCUT2D eigenvalue weighted by molar-refractivity contribution is 0.530. The third-order valence-corrected chi connectivity index (χ3v) is 3.05. The lowest BCUT2D eigenvalue weighted by Crippen LogP contribution is -2.25. The van der Waals surface area contributed by atoms with Crippen molar-refractivity contribution in [2.75, 3.05) is 6.54 Å². The van der Waals surface area contributed by atoms with Crippen LogP contribution in [-0.4, -0.2) is 12.6 Å². The summed E-state index contributed by atoms with van der Waals surface area (Å²) in [5.41, 5.74) is 1.44. The fraction of sp³-hybridized carbons (Fsp3) is 0.500. The van der Waals surface area contributed by atoms with Gasteiger partial charge in [-0.3, -0.25) is 0 Å². The van der Waals surface area contributed by atoms with E-state index < -0.39 is 0 Å². The average molecular weight is 303 g/mol. The maximum atomic E-state index is 3.43. The van der Waals surface area contributed by atoms with Gasteiger partial charge < -0.3 is 5.32 Å². The molecule has 1 aromatic carbocycles. The van der Waals surface area contributed by atoms with E-state index in [9.17, 15) is 0 Å². The number of nitrogens with one attached hydrogen (secondary N) is 1. The van der Waals surface area contributed by atoms with Crippen LogP contribution in [-0.2, 0) is 6.42 Å². The van der Waals surface area contributed by atoms with Crippen molar-refractivity contribution < 1.29 is 0 Å². The van der Waals surface area contributed by atoms with Crippen LogP contribution in [0.2, 0.25) is 0 Å². The van der Waals surface area contributed by atoms with Gasteiger partial charge >= 0.3 is 0 Å². The number of hydrogen-bond acceptors (Lipinski definition) is 1. The quantitative estimate of drug-likeness (QED) is 0.824. The summed E-state index contributed by atoms with van der Waals surface area (Å²) in [5, 5.41) is 3.43. The first-order valence-corrected chi connectivity index (χ1v) is 6.28. The summed E-state index contributed by atoms with van der Waals surface area (Å²) in [7, 11) is 0. The molecule has 0 spiro atoms. The maximum Gasteiger partial charge on any atom is 0.0130 e. The Bertz CT molecular complexity index is 256. The molecule has 0 radical (unpaired) electrons. The molecule has 1 rings (SSSR count). The fourth-order valence-corrected chi connectivity index (χ4v) is 1.84. The molecule has 0 saturated carbocycles. The summed E-state index contributed by atoms with van der Waals surface area (Å²) in [5.74, 6) is 0. The third kappa shape index (κ3) is 4.42. The molecule has 0 heterocycles. The van der Waals surface area contributed by atoms with Crippen molar-refractivity contribution in [3.05, 3.63) is 33.4 Å². The molecule has 0 saturated heterocycles. The standard InChI is InChI=1S/C12H18IN/c1-3-14-10(2)4-5-11-6-8-12(13)9-7-11/h6-10,14H,3-5H2,1-2H3. The maximum absolute atomic E-state index is 3.43. The van der Waals surface area contributed by atoms with Crippen molar-refractivity contribution in [1.82, 2.24) is 5.32 Å². The first-order valence-electron chi connectivity index (χ1n) is 5.20. The second kappa shape index (κ2) is 6.40. The van der Waals surface area contributed by atoms with Crippen molar-refractivity contribution in [3.63, 3.8) is 0 Å². The second-order valence-electron chi connectivity index (χ2n) is 3.62. The summed E-state index contributed by atoms with van der Waals surface area (Å²) in [6.45, 7) is 5.46. The van der Waals surface area contributed by atoms with Crippen LogP contribution in [0.15, 0.2) is 24.3 Å². The first kappa shape index (κ1) is 12.0. The predicted octanol–water partition coefficient (Wildman–Crippen LogP) is 3.22. The molecule has 0 bridgehead atoms. The van der Waals surface area contributed by atoms with E-state index in [-0.39, 0.29) is 0 Å². The smallest absolute Gasteiger partial charge is 0.0130 e. The van der Waals surface area contributed by atoms with Crippen LogP contribution < -0.4 is 5.32 Å². The van der Waals surface area contributed by atoms with Crippen molar-refractivity contribution >= 4 is 22.6 Å². The van der Waals surface area contributed by atoms with Crippen LogP contribution in [0.3, 0.4) is 0 Å². The molecule has 0 fully saturated rings. The lowest BCUT2D eigenvalue weighted by Gasteiger charge is -2.11. The van der Waals surface area contributed by atoms with Gasteiger partial charge in [0, 0.05) is 9.61 Å². The van der Waals surface area contributed by atoms with Gasteiger partial charge in [-0.1, -0.05) is 19.1 Å². The van der Waals surface area contributed by atoms with E-state index in [0.29, 0.717) is 6.04 Å². The Labute approximate surface area is 100 Å². The zero-order chi connectivity index (χ0) is 10.4. The summed E-state index contributed by atoms with van der Waals surface area (Å²) in [4.78, 5) is 0. The van der Waals surface area contributed by atoms with Crippen LogP contribution in [0.1, 0.15) is 25.8 Å². The van der Waals surface area contributed by atoms with E-state index in [4.69, 9.17) is 0 Å². The molecule has 78 valence electrons. The molecular formula is C12H18IN. The number of halogens is 1. The van der Waals surface area contributed by atoms with E-state index in [1.807, 2.05) is 0 Å². The minimum Gasteiger partial charge on any atom is -0.315 e. The highest BCUT2D eigenvalue weighted by Gasteiger charge is 2.00. The SMILES string of the molecule is CCNC(C)CCc1ccc(I)cc1. The number of rotatable bonds is 5. The van der Waals surface area contributed by atoms with E-state index in [0.717, 1.165) is 6.54 Å². The van der Waals surface area contributed by atoms with Crippen molar-refractivity contribution in [3.8, 4) is 0 Å². The Morgan fingerprint density at radius 3 is 2.50 bits per heavy atom. The van der Waals surface area contributed by atoms with E-state index >= 15 is 0 Å². The van der Waals surface area contributed by atoms with E-state index in [1.165, 1.54) is 22.0 Å². The van der Waals surface area contributed by atoms with Crippen LogP contribution in [0.5, 0.6) is 0 Å². The lowest BCUT2D eigenvalue weighted by atomic mass is 10.1. The zero-order valence-corrected chi connectivity index (χ0v) is 11.0. The zero-order valence-electron chi connectivity index (χ0n) is 8.89. The molecule has 14 heavy (non-hydrogen) atoms. The summed E-state index contributed by atoms with van der Waals surface area (Å²) < 4.78 is 1.31. The topological polar surface area (TPSA) is 12.0 Å². The molecule has 1 aromatic rings. The van der Waals surface area contributed by atoms with Crippen molar-refractivity contribution in [2.45, 2.75) is 32.7 Å². The summed E-state index contributed by atoms with van der Waals surface area (Å²) in [6, 6.07) is 9.42. The van der Waals surface area contributed by atoms with Crippen LogP contribution in [0.25, 0.3) is 0 Å².